The summed E-state index contributed by atoms with van der Waals surface area (Å²) >= 11 is 0. The zero-order valence-electron chi connectivity index (χ0n) is 6.83. The van der Waals surface area contributed by atoms with Crippen LogP contribution in [0, 0.1) is 5.82 Å². The molecule has 1 aromatic rings. The Morgan fingerprint density at radius 3 is 2.69 bits per heavy atom. The summed E-state index contributed by atoms with van der Waals surface area (Å²) in [6.07, 6.45) is 0.272. The highest BCUT2D eigenvalue weighted by Crippen LogP contribution is 2.17. The molecule has 0 saturated heterocycles. The Balaban J connectivity index is 2.68. The van der Waals surface area contributed by atoms with Gasteiger partial charge in [0, 0.05) is 6.42 Å². The third-order valence-electron chi connectivity index (χ3n) is 1.64. The normalized spacial score (nSPS) is 9.92. The number of phenols is 1. The molecule has 0 aliphatic carbocycles. The Hall–Kier alpha value is -1.58. The van der Waals surface area contributed by atoms with Gasteiger partial charge in [-0.15, -0.1) is 0 Å². The lowest BCUT2D eigenvalue weighted by atomic mass is 10.1. The summed E-state index contributed by atoms with van der Waals surface area (Å²) in [5.41, 5.74) is 0.612. The second-order valence-electron chi connectivity index (χ2n) is 2.68. The summed E-state index contributed by atoms with van der Waals surface area (Å²) in [7, 11) is 0. The van der Waals surface area contributed by atoms with Crippen molar-refractivity contribution in [2.45, 2.75) is 12.8 Å². The van der Waals surface area contributed by atoms with Gasteiger partial charge >= 0.3 is 5.97 Å². The molecular formula is C9H9FO3. The first-order chi connectivity index (χ1) is 6.09. The fraction of sp³-hybridized carbons (Fsp3) is 0.222. The van der Waals surface area contributed by atoms with Gasteiger partial charge in [0.2, 0.25) is 0 Å². The van der Waals surface area contributed by atoms with E-state index in [1.807, 2.05) is 0 Å². The molecular weight excluding hydrogens is 175 g/mol. The van der Waals surface area contributed by atoms with Crippen LogP contribution in [0.25, 0.3) is 0 Å². The van der Waals surface area contributed by atoms with Crippen molar-refractivity contribution in [3.8, 4) is 5.75 Å². The second kappa shape index (κ2) is 3.89. The number of aryl methyl sites for hydroxylation is 1. The van der Waals surface area contributed by atoms with E-state index in [4.69, 9.17) is 10.2 Å². The predicted octanol–water partition coefficient (Wildman–Crippen LogP) is 1.55. The van der Waals surface area contributed by atoms with E-state index in [2.05, 4.69) is 0 Å². The fourth-order valence-electron chi connectivity index (χ4n) is 0.965. The summed E-state index contributed by atoms with van der Waals surface area (Å²) in [6, 6.07) is 3.81. The summed E-state index contributed by atoms with van der Waals surface area (Å²) in [6.45, 7) is 0. The van der Waals surface area contributed by atoms with E-state index in [1.54, 1.807) is 0 Å². The van der Waals surface area contributed by atoms with E-state index in [1.165, 1.54) is 12.1 Å². The molecule has 0 unspecified atom stereocenters. The predicted molar refractivity (Wildman–Crippen MR) is 44.0 cm³/mol. The van der Waals surface area contributed by atoms with Gasteiger partial charge in [-0.05, 0) is 24.1 Å². The maximum Gasteiger partial charge on any atom is 0.303 e. The molecule has 0 atom stereocenters. The number of carbonyl (C=O) groups is 1. The third kappa shape index (κ3) is 2.74. The zero-order chi connectivity index (χ0) is 9.84. The SMILES string of the molecule is O=C(O)CCc1ccc(F)c(O)c1. The summed E-state index contributed by atoms with van der Waals surface area (Å²) in [5.74, 6) is -2.05. The van der Waals surface area contributed by atoms with E-state index < -0.39 is 17.5 Å². The average Bonchev–Trinajstić information content (AvgIpc) is 2.07. The maximum absolute atomic E-state index is 12.5. The number of hydrogen-bond acceptors (Lipinski definition) is 2. The standard InChI is InChI=1S/C9H9FO3/c10-7-3-1-6(5-8(7)11)2-4-9(12)13/h1,3,5,11H,2,4H2,(H,12,13). The molecule has 3 nitrogen and oxygen atoms in total. The molecule has 0 aliphatic heterocycles. The van der Waals surface area contributed by atoms with Gasteiger partial charge < -0.3 is 10.2 Å². The highest BCUT2D eigenvalue weighted by molar-refractivity contribution is 5.67. The topological polar surface area (TPSA) is 57.5 Å². The lowest BCUT2D eigenvalue weighted by Crippen LogP contribution is -1.97. The number of carboxylic acid groups (broad SMARTS) is 1. The number of phenolic OH excluding ortho intramolecular Hbond substituents is 1. The van der Waals surface area contributed by atoms with Crippen molar-refractivity contribution in [1.29, 1.82) is 0 Å². The Morgan fingerprint density at radius 2 is 2.15 bits per heavy atom. The van der Waals surface area contributed by atoms with Gasteiger partial charge in [-0.25, -0.2) is 4.39 Å². The number of aliphatic carboxylic acids is 1. The van der Waals surface area contributed by atoms with Crippen LogP contribution >= 0.6 is 0 Å². The van der Waals surface area contributed by atoms with Crippen LogP contribution in [0.2, 0.25) is 0 Å². The first-order valence-corrected chi connectivity index (χ1v) is 3.79. The van der Waals surface area contributed by atoms with Gasteiger partial charge in [0.05, 0.1) is 0 Å². The van der Waals surface area contributed by atoms with Gasteiger partial charge in [0.1, 0.15) is 0 Å². The molecule has 1 aromatic carbocycles. The minimum absolute atomic E-state index is 0.0227. The highest BCUT2D eigenvalue weighted by Gasteiger charge is 2.03. The Morgan fingerprint density at radius 1 is 1.46 bits per heavy atom. The molecule has 1 rings (SSSR count). The van der Waals surface area contributed by atoms with Crippen molar-refractivity contribution in [3.63, 3.8) is 0 Å². The van der Waals surface area contributed by atoms with Gasteiger partial charge in [0.15, 0.2) is 11.6 Å². The number of rotatable bonds is 3. The first kappa shape index (κ1) is 9.51. The molecule has 70 valence electrons. The van der Waals surface area contributed by atoms with Gasteiger partial charge in [-0.3, -0.25) is 4.79 Å². The lowest BCUT2D eigenvalue weighted by molar-refractivity contribution is -0.136. The first-order valence-electron chi connectivity index (χ1n) is 3.79. The number of aromatic hydroxyl groups is 1. The van der Waals surface area contributed by atoms with Gasteiger partial charge in [-0.1, -0.05) is 6.07 Å². The molecule has 0 bridgehead atoms. The summed E-state index contributed by atoms with van der Waals surface area (Å²) in [5, 5.41) is 17.3. The number of benzene rings is 1. The largest absolute Gasteiger partial charge is 0.505 e. The summed E-state index contributed by atoms with van der Waals surface area (Å²) in [4.78, 5) is 10.2. The average molecular weight is 184 g/mol. The maximum atomic E-state index is 12.5. The molecule has 0 spiro atoms. The minimum Gasteiger partial charge on any atom is -0.505 e. The van der Waals surface area contributed by atoms with Crippen LogP contribution in [0.4, 0.5) is 4.39 Å². The third-order valence-corrected chi connectivity index (χ3v) is 1.64. The van der Waals surface area contributed by atoms with Gasteiger partial charge in [0.25, 0.3) is 0 Å². The zero-order valence-corrected chi connectivity index (χ0v) is 6.83. The van der Waals surface area contributed by atoms with Crippen molar-refractivity contribution >= 4 is 5.97 Å². The summed E-state index contributed by atoms with van der Waals surface area (Å²) < 4.78 is 12.5. The second-order valence-corrected chi connectivity index (χ2v) is 2.68. The molecule has 0 saturated carbocycles. The van der Waals surface area contributed by atoms with Crippen molar-refractivity contribution < 1.29 is 19.4 Å². The number of halogens is 1. The van der Waals surface area contributed by atoms with Crippen LogP contribution in [0.15, 0.2) is 18.2 Å². The fourth-order valence-corrected chi connectivity index (χ4v) is 0.965. The van der Waals surface area contributed by atoms with E-state index in [-0.39, 0.29) is 6.42 Å². The van der Waals surface area contributed by atoms with Gasteiger partial charge in [-0.2, -0.15) is 0 Å². The minimum atomic E-state index is -0.913. The molecule has 4 heteroatoms. The van der Waals surface area contributed by atoms with Crippen LogP contribution in [0.5, 0.6) is 5.75 Å². The van der Waals surface area contributed by atoms with Crippen molar-refractivity contribution in [2.24, 2.45) is 0 Å². The van der Waals surface area contributed by atoms with Crippen LogP contribution in [0.3, 0.4) is 0 Å². The van der Waals surface area contributed by atoms with Crippen molar-refractivity contribution in [1.82, 2.24) is 0 Å². The van der Waals surface area contributed by atoms with E-state index in [0.717, 1.165) is 6.07 Å². The lowest BCUT2D eigenvalue weighted by Gasteiger charge is -2.00. The molecule has 0 radical (unpaired) electrons. The molecule has 13 heavy (non-hydrogen) atoms. The number of carboxylic acids is 1. The molecule has 0 aliphatic rings. The van der Waals surface area contributed by atoms with Crippen LogP contribution in [-0.4, -0.2) is 16.2 Å². The van der Waals surface area contributed by atoms with Crippen LogP contribution in [-0.2, 0) is 11.2 Å². The molecule has 0 heterocycles. The van der Waals surface area contributed by atoms with Crippen LogP contribution in [0.1, 0.15) is 12.0 Å². The van der Waals surface area contributed by atoms with E-state index in [0.29, 0.717) is 12.0 Å². The monoisotopic (exact) mass is 184 g/mol. The highest BCUT2D eigenvalue weighted by atomic mass is 19.1. The molecule has 0 amide bonds. The molecule has 2 N–H and O–H groups in total. The van der Waals surface area contributed by atoms with Crippen LogP contribution < -0.4 is 0 Å². The smallest absolute Gasteiger partial charge is 0.303 e. The quantitative estimate of drug-likeness (QED) is 0.749. The van der Waals surface area contributed by atoms with E-state index >= 15 is 0 Å². The van der Waals surface area contributed by atoms with E-state index in [9.17, 15) is 9.18 Å². The molecule has 0 aromatic heterocycles. The van der Waals surface area contributed by atoms with Crippen molar-refractivity contribution in [2.75, 3.05) is 0 Å². The molecule has 0 fully saturated rings. The Labute approximate surface area is 74.4 Å². The Kier molecular flexibility index (Phi) is 2.84. The number of hydrogen-bond donors (Lipinski definition) is 2. The van der Waals surface area contributed by atoms with Crippen molar-refractivity contribution in [3.05, 3.63) is 29.6 Å². The Bertz CT molecular complexity index is 323.